The lowest BCUT2D eigenvalue weighted by molar-refractivity contribution is -0.242. The van der Waals surface area contributed by atoms with Crippen molar-refractivity contribution in [3.63, 3.8) is 0 Å². The van der Waals surface area contributed by atoms with E-state index in [9.17, 15) is 24.0 Å². The van der Waals surface area contributed by atoms with Gasteiger partial charge in [-0.3, -0.25) is 28.9 Å². The first-order valence-corrected chi connectivity index (χ1v) is 14.8. The lowest BCUT2D eigenvalue weighted by Gasteiger charge is -2.46. The van der Waals surface area contributed by atoms with Gasteiger partial charge in [0.05, 0.1) is 35.0 Å². The second-order valence-corrected chi connectivity index (χ2v) is 15.3. The van der Waals surface area contributed by atoms with Crippen molar-refractivity contribution >= 4 is 30.2 Å². The highest BCUT2D eigenvalue weighted by molar-refractivity contribution is 5.85. The zero-order chi connectivity index (χ0) is 33.8. The molecule has 12 nitrogen and oxygen atoms in total. The van der Waals surface area contributed by atoms with Crippen molar-refractivity contribution in [3.8, 4) is 0 Å². The average Bonchev–Trinajstić information content (AvgIpc) is 3.38. The van der Waals surface area contributed by atoms with E-state index in [-0.39, 0.29) is 19.0 Å². The number of furan rings is 1. The van der Waals surface area contributed by atoms with Crippen molar-refractivity contribution in [2.24, 2.45) is 22.2 Å². The van der Waals surface area contributed by atoms with Crippen LogP contribution in [0.25, 0.3) is 0 Å². The second kappa shape index (κ2) is 13.7. The van der Waals surface area contributed by atoms with Gasteiger partial charge in [0.25, 0.3) is 5.91 Å². The smallest absolute Gasteiger partial charge is 0.311 e. The number of carbonyl (C=O) groups excluding carboxylic acids is 5. The van der Waals surface area contributed by atoms with Crippen LogP contribution in [-0.4, -0.2) is 72.3 Å². The first-order valence-electron chi connectivity index (χ1n) is 14.8. The monoisotopic (exact) mass is 622 g/mol. The van der Waals surface area contributed by atoms with Crippen molar-refractivity contribution in [1.29, 1.82) is 0 Å². The number of nitrogens with one attached hydrogen (secondary N) is 1. The topological polar surface area (TPSA) is 151 Å². The molecule has 1 fully saturated rings. The third-order valence-electron chi connectivity index (χ3n) is 6.63. The maximum Gasteiger partial charge on any atom is 0.311 e. The zero-order valence-electron chi connectivity index (χ0n) is 28.1. The van der Waals surface area contributed by atoms with Gasteiger partial charge in [0.2, 0.25) is 6.41 Å². The summed E-state index contributed by atoms with van der Waals surface area (Å²) in [4.78, 5) is 66.7. The van der Waals surface area contributed by atoms with E-state index >= 15 is 0 Å². The molecule has 0 aliphatic carbocycles. The summed E-state index contributed by atoms with van der Waals surface area (Å²) >= 11 is 0. The lowest BCUT2D eigenvalue weighted by Crippen LogP contribution is -2.62. The van der Waals surface area contributed by atoms with Crippen LogP contribution in [0.5, 0.6) is 0 Å². The van der Waals surface area contributed by atoms with Gasteiger partial charge in [-0.2, -0.15) is 0 Å². The lowest BCUT2D eigenvalue weighted by atomic mass is 9.89. The Hall–Kier alpha value is -3.41. The number of esters is 3. The molecule has 0 bridgehead atoms. The molecule has 248 valence electrons. The van der Waals surface area contributed by atoms with Crippen LogP contribution in [0, 0.1) is 22.2 Å². The van der Waals surface area contributed by atoms with Crippen LogP contribution in [0.15, 0.2) is 22.8 Å². The number of hydrogen-bond donors (Lipinski definition) is 1. The Morgan fingerprint density at radius 2 is 1.45 bits per heavy atom. The normalized spacial score (nSPS) is 21.9. The molecule has 1 saturated heterocycles. The molecule has 2 heterocycles. The predicted octanol–water partition coefficient (Wildman–Crippen LogP) is 4.17. The molecule has 1 aliphatic rings. The highest BCUT2D eigenvalue weighted by Gasteiger charge is 2.52. The fraction of sp³-hybridized carbons (Fsp3) is 0.719. The summed E-state index contributed by atoms with van der Waals surface area (Å²) < 4.78 is 29.2. The fourth-order valence-electron chi connectivity index (χ4n) is 4.13. The second-order valence-electron chi connectivity index (χ2n) is 15.3. The Bertz CT molecular complexity index is 1170. The molecule has 0 unspecified atom stereocenters. The van der Waals surface area contributed by atoms with Crippen molar-refractivity contribution in [3.05, 3.63) is 24.2 Å². The Morgan fingerprint density at radius 3 is 1.91 bits per heavy atom. The predicted molar refractivity (Wildman–Crippen MR) is 160 cm³/mol. The maximum atomic E-state index is 13.6. The average molecular weight is 623 g/mol. The molecule has 12 heteroatoms. The summed E-state index contributed by atoms with van der Waals surface area (Å²) in [7, 11) is 0. The van der Waals surface area contributed by atoms with Crippen LogP contribution in [0.4, 0.5) is 0 Å². The molecule has 0 spiro atoms. The quantitative estimate of drug-likeness (QED) is 0.241. The maximum absolute atomic E-state index is 13.6. The summed E-state index contributed by atoms with van der Waals surface area (Å²) in [6.07, 6.45) is -1.93. The molecule has 0 radical (unpaired) electrons. The molecule has 2 rings (SSSR count). The number of rotatable bonds is 9. The fourth-order valence-corrected chi connectivity index (χ4v) is 4.13. The van der Waals surface area contributed by atoms with E-state index in [2.05, 4.69) is 5.32 Å². The van der Waals surface area contributed by atoms with Crippen LogP contribution < -0.4 is 5.32 Å². The van der Waals surface area contributed by atoms with Gasteiger partial charge in [0.15, 0.2) is 18.4 Å². The minimum absolute atomic E-state index is 0.139. The van der Waals surface area contributed by atoms with Gasteiger partial charge in [-0.05, 0) is 95.2 Å². The summed E-state index contributed by atoms with van der Waals surface area (Å²) in [5, 5.41) is 2.86. The Kier molecular flexibility index (Phi) is 11.5. The Labute approximate surface area is 260 Å². The number of nitrogens with zero attached hydrogens (tertiary/aromatic N) is 1. The van der Waals surface area contributed by atoms with Crippen LogP contribution in [0.3, 0.4) is 0 Å². The van der Waals surface area contributed by atoms with Crippen LogP contribution in [0.1, 0.15) is 94.9 Å². The largest absolute Gasteiger partial charge is 0.467 e. The van der Waals surface area contributed by atoms with Gasteiger partial charge in [0, 0.05) is 5.54 Å². The molecule has 1 N–H and O–H groups in total. The number of ether oxygens (including phenoxy) is 4. The summed E-state index contributed by atoms with van der Waals surface area (Å²) in [5.41, 5.74) is -3.39. The molecule has 0 saturated carbocycles. The summed E-state index contributed by atoms with van der Waals surface area (Å²) in [6.45, 7) is 19.9. The van der Waals surface area contributed by atoms with Crippen molar-refractivity contribution in [2.45, 2.75) is 113 Å². The van der Waals surface area contributed by atoms with Gasteiger partial charge < -0.3 is 28.7 Å². The molecular weight excluding hydrogens is 572 g/mol. The molecule has 1 aromatic rings. The SMILES string of the molecule is CC(C)(C)NC(=O)[C@@H](c1ccco1)N(C=O)[C@H]1OC[C@@H](OC(=O)C(C)(C)C)[C@@H](COC(=O)C(C)(C)C)[C@@H]1OC(=O)C(C)(C)C. The first kappa shape index (κ1) is 36.8. The van der Waals surface area contributed by atoms with Crippen molar-refractivity contribution < 1.29 is 47.3 Å². The van der Waals surface area contributed by atoms with E-state index in [1.54, 1.807) is 95.2 Å². The highest BCUT2D eigenvalue weighted by atomic mass is 16.6. The molecule has 44 heavy (non-hydrogen) atoms. The van der Waals surface area contributed by atoms with Gasteiger partial charge >= 0.3 is 17.9 Å². The standard InChI is InChI=1S/C32H50N2O10/c1-29(2,3)26(37)42-16-19-21(43-27(38)30(4,5)6)17-41-25(23(19)44-28(39)31(7,8)9)34(18-35)22(20-14-13-15-40-20)24(36)33-32(10,11)12/h13-15,18-19,21-23,25H,16-17H2,1-12H3,(H,33,36)/t19-,21-,22-,23+,25+/m1/s1. The third-order valence-corrected chi connectivity index (χ3v) is 6.63. The Balaban J connectivity index is 2.68. The van der Waals surface area contributed by atoms with Gasteiger partial charge in [-0.15, -0.1) is 0 Å². The molecule has 5 atom stereocenters. The van der Waals surface area contributed by atoms with Gasteiger partial charge in [-0.25, -0.2) is 0 Å². The zero-order valence-corrected chi connectivity index (χ0v) is 28.1. The summed E-state index contributed by atoms with van der Waals surface area (Å²) in [5.74, 6) is -3.13. The number of hydrogen-bond acceptors (Lipinski definition) is 10. The Morgan fingerprint density at radius 1 is 0.909 bits per heavy atom. The van der Waals surface area contributed by atoms with Crippen molar-refractivity contribution in [1.82, 2.24) is 10.2 Å². The number of carbonyl (C=O) groups is 5. The highest BCUT2D eigenvalue weighted by Crippen LogP contribution is 2.36. The molecular formula is C32H50N2O10. The van der Waals surface area contributed by atoms with Crippen LogP contribution in [0.2, 0.25) is 0 Å². The minimum atomic E-state index is -1.36. The van der Waals surface area contributed by atoms with Gasteiger partial charge in [0.1, 0.15) is 18.5 Å². The molecule has 0 aromatic carbocycles. The van der Waals surface area contributed by atoms with Gasteiger partial charge in [-0.1, -0.05) is 0 Å². The number of amides is 2. The van der Waals surface area contributed by atoms with E-state index < -0.39 is 76.0 Å². The van der Waals surface area contributed by atoms with Crippen LogP contribution >= 0.6 is 0 Å². The van der Waals surface area contributed by atoms with Crippen LogP contribution in [-0.2, 0) is 42.9 Å². The van der Waals surface area contributed by atoms with E-state index in [1.807, 2.05) is 0 Å². The minimum Gasteiger partial charge on any atom is -0.467 e. The molecule has 1 aliphatic heterocycles. The molecule has 1 aromatic heterocycles. The van der Waals surface area contributed by atoms with E-state index in [0.717, 1.165) is 4.90 Å². The molecule has 2 amide bonds. The first-order chi connectivity index (χ1) is 20.0. The summed E-state index contributed by atoms with van der Waals surface area (Å²) in [6, 6.07) is 1.79. The van der Waals surface area contributed by atoms with Crippen molar-refractivity contribution in [2.75, 3.05) is 13.2 Å². The van der Waals surface area contributed by atoms with E-state index in [1.165, 1.54) is 6.26 Å². The van der Waals surface area contributed by atoms with E-state index in [0.29, 0.717) is 6.41 Å². The van der Waals surface area contributed by atoms with E-state index in [4.69, 9.17) is 23.4 Å². The third kappa shape index (κ3) is 9.80.